The number of alkyl halides is 3. The average molecular weight is 425 g/mol. The van der Waals surface area contributed by atoms with E-state index < -0.39 is 23.7 Å². The number of nitrogens with zero attached hydrogens (tertiary/aromatic N) is 1. The molecule has 0 heterocycles. The molecule has 8 heteroatoms. The minimum Gasteiger partial charge on any atom is -0.456 e. The highest BCUT2D eigenvalue weighted by molar-refractivity contribution is 5.96. The zero-order valence-corrected chi connectivity index (χ0v) is 16.4. The monoisotopic (exact) mass is 425 g/mol. The second kappa shape index (κ2) is 9.22. The molecule has 158 valence electrons. The molecule has 0 aliphatic rings. The van der Waals surface area contributed by atoms with Gasteiger partial charge in [-0.1, -0.05) is 24.3 Å². The number of benzene rings is 3. The fourth-order valence-corrected chi connectivity index (χ4v) is 2.79. The van der Waals surface area contributed by atoms with E-state index in [9.17, 15) is 18.0 Å². The van der Waals surface area contributed by atoms with Crippen molar-refractivity contribution in [2.45, 2.75) is 19.1 Å². The Labute approximate surface area is 177 Å². The van der Waals surface area contributed by atoms with Crippen LogP contribution in [0.1, 0.15) is 18.1 Å². The minimum atomic E-state index is -4.57. The molecule has 3 aromatic rings. The molecule has 5 nitrogen and oxygen atoms in total. The van der Waals surface area contributed by atoms with Gasteiger partial charge in [0.05, 0.1) is 16.8 Å². The molecule has 0 aliphatic heterocycles. The third kappa shape index (κ3) is 5.54. The van der Waals surface area contributed by atoms with E-state index in [0.717, 1.165) is 6.07 Å². The molecule has 1 amide bonds. The lowest BCUT2D eigenvalue weighted by molar-refractivity contribution is -0.137. The molecular weight excluding hydrogens is 407 g/mol. The van der Waals surface area contributed by atoms with Crippen molar-refractivity contribution in [1.29, 1.82) is 5.26 Å². The summed E-state index contributed by atoms with van der Waals surface area (Å²) in [6.45, 7) is 1.54. The fourth-order valence-electron chi connectivity index (χ4n) is 2.79. The van der Waals surface area contributed by atoms with Gasteiger partial charge >= 0.3 is 6.18 Å². The van der Waals surface area contributed by atoms with Crippen LogP contribution in [0.3, 0.4) is 0 Å². The van der Waals surface area contributed by atoms with E-state index in [1.807, 2.05) is 6.07 Å². The summed E-state index contributed by atoms with van der Waals surface area (Å²) < 4.78 is 45.0. The number of halogens is 3. The van der Waals surface area contributed by atoms with Crippen LogP contribution in [0.4, 0.5) is 24.5 Å². The van der Waals surface area contributed by atoms with Crippen molar-refractivity contribution in [1.82, 2.24) is 0 Å². The molecule has 1 atom stereocenters. The van der Waals surface area contributed by atoms with Crippen molar-refractivity contribution >= 4 is 17.3 Å². The van der Waals surface area contributed by atoms with Crippen LogP contribution in [0.25, 0.3) is 0 Å². The smallest absolute Gasteiger partial charge is 0.418 e. The zero-order chi connectivity index (χ0) is 22.4. The topological polar surface area (TPSA) is 74.1 Å². The van der Waals surface area contributed by atoms with Crippen molar-refractivity contribution < 1.29 is 22.7 Å². The number of ether oxygens (including phenoxy) is 1. The van der Waals surface area contributed by atoms with Gasteiger partial charge < -0.3 is 15.4 Å². The zero-order valence-electron chi connectivity index (χ0n) is 16.4. The number of nitriles is 1. The highest BCUT2D eigenvalue weighted by Gasteiger charge is 2.33. The molecular formula is C23H18F3N3O2. The van der Waals surface area contributed by atoms with Crippen molar-refractivity contribution in [3.05, 3.63) is 83.9 Å². The Kier molecular flexibility index (Phi) is 6.46. The molecule has 0 aliphatic carbocycles. The van der Waals surface area contributed by atoms with E-state index >= 15 is 0 Å². The summed E-state index contributed by atoms with van der Waals surface area (Å²) in [5.74, 6) is 0.297. The van der Waals surface area contributed by atoms with Gasteiger partial charge in [-0.25, -0.2) is 0 Å². The van der Waals surface area contributed by atoms with E-state index in [1.54, 1.807) is 55.5 Å². The largest absolute Gasteiger partial charge is 0.456 e. The van der Waals surface area contributed by atoms with Gasteiger partial charge in [0.2, 0.25) is 5.91 Å². The lowest BCUT2D eigenvalue weighted by Gasteiger charge is -2.18. The number of hydrogen-bond donors (Lipinski definition) is 2. The van der Waals surface area contributed by atoms with E-state index in [-0.39, 0.29) is 5.69 Å². The molecule has 0 saturated carbocycles. The first-order chi connectivity index (χ1) is 14.8. The lowest BCUT2D eigenvalue weighted by Crippen LogP contribution is -2.32. The summed E-state index contributed by atoms with van der Waals surface area (Å²) in [7, 11) is 0. The Morgan fingerprint density at radius 2 is 1.65 bits per heavy atom. The second-order valence-electron chi connectivity index (χ2n) is 6.63. The number of para-hydroxylation sites is 2. The Morgan fingerprint density at radius 1 is 1.00 bits per heavy atom. The van der Waals surface area contributed by atoms with Crippen molar-refractivity contribution in [3.8, 4) is 17.6 Å². The Hall–Kier alpha value is -3.99. The van der Waals surface area contributed by atoms with Gasteiger partial charge in [-0.3, -0.25) is 4.79 Å². The summed E-state index contributed by atoms with van der Waals surface area (Å²) >= 11 is 0. The van der Waals surface area contributed by atoms with Crippen LogP contribution in [0, 0.1) is 11.3 Å². The van der Waals surface area contributed by atoms with Crippen LogP contribution in [0.15, 0.2) is 72.8 Å². The first kappa shape index (κ1) is 21.7. The number of amides is 1. The van der Waals surface area contributed by atoms with Crippen molar-refractivity contribution in [2.75, 3.05) is 10.6 Å². The Balaban J connectivity index is 1.64. The quantitative estimate of drug-likeness (QED) is 0.523. The predicted molar refractivity (Wildman–Crippen MR) is 111 cm³/mol. The highest BCUT2D eigenvalue weighted by Crippen LogP contribution is 2.34. The highest BCUT2D eigenvalue weighted by atomic mass is 19.4. The second-order valence-corrected chi connectivity index (χ2v) is 6.63. The molecule has 31 heavy (non-hydrogen) atoms. The van der Waals surface area contributed by atoms with Gasteiger partial charge in [0, 0.05) is 5.69 Å². The summed E-state index contributed by atoms with van der Waals surface area (Å²) in [6.07, 6.45) is -4.57. The molecule has 0 radical (unpaired) electrons. The number of nitrogens with one attached hydrogen (secondary N) is 2. The number of hydrogen-bond acceptors (Lipinski definition) is 4. The maximum absolute atomic E-state index is 13.1. The lowest BCUT2D eigenvalue weighted by atomic mass is 10.1. The van der Waals surface area contributed by atoms with Gasteiger partial charge in [0.15, 0.2) is 0 Å². The summed E-state index contributed by atoms with van der Waals surface area (Å²) in [5, 5.41) is 14.4. The van der Waals surface area contributed by atoms with E-state index in [0.29, 0.717) is 22.7 Å². The van der Waals surface area contributed by atoms with Gasteiger partial charge in [0.25, 0.3) is 0 Å². The SMILES string of the molecule is CC(Nc1ccc(Oc2ccccc2C#N)cc1)C(=O)Nc1ccccc1C(F)(F)F. The molecule has 2 N–H and O–H groups in total. The first-order valence-corrected chi connectivity index (χ1v) is 9.28. The van der Waals surface area contributed by atoms with Gasteiger partial charge in [-0.2, -0.15) is 18.4 Å². The molecule has 0 saturated heterocycles. The maximum Gasteiger partial charge on any atom is 0.418 e. The molecule has 0 fully saturated rings. The Bertz CT molecular complexity index is 1110. The molecule has 0 spiro atoms. The standard InChI is InChI=1S/C23H18F3N3O2/c1-15(22(30)29-20-8-4-3-7-19(20)23(24,25)26)28-17-10-12-18(13-11-17)31-21-9-5-2-6-16(21)14-27/h2-13,15,28H,1H3,(H,29,30). The molecule has 3 rings (SSSR count). The normalized spacial score (nSPS) is 11.8. The minimum absolute atomic E-state index is 0.298. The van der Waals surface area contributed by atoms with Crippen LogP contribution in [-0.4, -0.2) is 11.9 Å². The first-order valence-electron chi connectivity index (χ1n) is 9.28. The molecule has 0 bridgehead atoms. The average Bonchev–Trinajstić information content (AvgIpc) is 2.75. The number of anilines is 2. The fraction of sp³-hybridized carbons (Fsp3) is 0.130. The van der Waals surface area contributed by atoms with Crippen LogP contribution >= 0.6 is 0 Å². The van der Waals surface area contributed by atoms with Crippen molar-refractivity contribution in [2.24, 2.45) is 0 Å². The maximum atomic E-state index is 13.1. The summed E-state index contributed by atoms with van der Waals surface area (Å²) in [5.41, 5.74) is -0.231. The van der Waals surface area contributed by atoms with Gasteiger partial charge in [-0.05, 0) is 55.5 Å². The summed E-state index contributed by atoms with van der Waals surface area (Å²) in [4.78, 5) is 12.4. The van der Waals surface area contributed by atoms with Crippen LogP contribution in [-0.2, 0) is 11.0 Å². The molecule has 0 aromatic heterocycles. The van der Waals surface area contributed by atoms with E-state index in [4.69, 9.17) is 10.00 Å². The van der Waals surface area contributed by atoms with E-state index in [1.165, 1.54) is 18.2 Å². The number of carbonyl (C=O) groups is 1. The van der Waals surface area contributed by atoms with Crippen LogP contribution in [0.5, 0.6) is 11.5 Å². The third-order valence-corrected chi connectivity index (χ3v) is 4.36. The van der Waals surface area contributed by atoms with E-state index in [2.05, 4.69) is 10.6 Å². The third-order valence-electron chi connectivity index (χ3n) is 4.36. The summed E-state index contributed by atoms with van der Waals surface area (Å²) in [6, 6.07) is 19.5. The van der Waals surface area contributed by atoms with Crippen LogP contribution in [0.2, 0.25) is 0 Å². The number of carbonyl (C=O) groups excluding carboxylic acids is 1. The number of rotatable bonds is 6. The predicted octanol–water partition coefficient (Wildman–Crippen LogP) is 5.81. The van der Waals surface area contributed by atoms with Crippen molar-refractivity contribution in [3.63, 3.8) is 0 Å². The molecule has 1 unspecified atom stereocenters. The van der Waals surface area contributed by atoms with Crippen LogP contribution < -0.4 is 15.4 Å². The van der Waals surface area contributed by atoms with Gasteiger partial charge in [0.1, 0.15) is 23.6 Å². The molecule has 3 aromatic carbocycles. The van der Waals surface area contributed by atoms with Gasteiger partial charge in [-0.15, -0.1) is 0 Å². The Morgan fingerprint density at radius 3 is 2.32 bits per heavy atom.